The van der Waals surface area contributed by atoms with Gasteiger partial charge >= 0.3 is 6.18 Å². The molecular weight excluding hydrogens is 415 g/mol. The summed E-state index contributed by atoms with van der Waals surface area (Å²) in [6.07, 6.45) is 1.01. The van der Waals surface area contributed by atoms with Crippen LogP contribution in [0.2, 0.25) is 0 Å². The molecule has 0 bridgehead atoms. The van der Waals surface area contributed by atoms with E-state index in [0.29, 0.717) is 16.7 Å². The minimum absolute atomic E-state index is 0.0955. The van der Waals surface area contributed by atoms with Crippen LogP contribution >= 0.6 is 11.8 Å². The van der Waals surface area contributed by atoms with E-state index in [4.69, 9.17) is 0 Å². The van der Waals surface area contributed by atoms with Gasteiger partial charge in [0.1, 0.15) is 0 Å². The summed E-state index contributed by atoms with van der Waals surface area (Å²) in [6.45, 7) is 2.06. The molecule has 2 aromatic rings. The molecule has 1 unspecified atom stereocenters. The number of rotatable bonds is 7. The Kier molecular flexibility index (Phi) is 7.27. The molecule has 0 spiro atoms. The lowest BCUT2D eigenvalue weighted by atomic mass is 9.95. The van der Waals surface area contributed by atoms with Gasteiger partial charge in [-0.15, -0.1) is 10.2 Å². The number of nitrogens with one attached hydrogen (secondary N) is 2. The molecule has 3 rings (SSSR count). The van der Waals surface area contributed by atoms with Gasteiger partial charge in [-0.2, -0.15) is 13.2 Å². The van der Waals surface area contributed by atoms with Crippen LogP contribution in [0.4, 0.5) is 18.9 Å². The average molecular weight is 442 g/mol. The van der Waals surface area contributed by atoms with Crippen LogP contribution in [0.1, 0.15) is 56.5 Å². The molecule has 1 fully saturated rings. The number of anilines is 1. The van der Waals surface area contributed by atoms with Crippen LogP contribution in [-0.2, 0) is 17.5 Å². The third-order valence-corrected chi connectivity index (χ3v) is 6.27. The second kappa shape index (κ2) is 9.72. The van der Waals surface area contributed by atoms with E-state index in [9.17, 15) is 18.0 Å². The van der Waals surface area contributed by atoms with E-state index in [2.05, 4.69) is 25.4 Å². The molecule has 0 radical (unpaired) electrons. The highest BCUT2D eigenvalue weighted by atomic mass is 32.2. The molecule has 1 aromatic carbocycles. The maximum Gasteiger partial charge on any atom is 0.416 e. The number of carbonyl (C=O) groups excluding carboxylic acids is 1. The monoisotopic (exact) mass is 441 g/mol. The van der Waals surface area contributed by atoms with Gasteiger partial charge in [0.15, 0.2) is 11.0 Å². The van der Waals surface area contributed by atoms with Crippen molar-refractivity contribution in [1.29, 1.82) is 0 Å². The van der Waals surface area contributed by atoms with E-state index in [1.54, 1.807) is 13.1 Å². The topological polar surface area (TPSA) is 71.8 Å². The summed E-state index contributed by atoms with van der Waals surface area (Å²) < 4.78 is 41.0. The van der Waals surface area contributed by atoms with E-state index in [-0.39, 0.29) is 23.7 Å². The number of hydrogen-bond acceptors (Lipinski definition) is 5. The lowest BCUT2D eigenvalue weighted by molar-refractivity contribution is -0.137. The molecule has 1 aromatic heterocycles. The fourth-order valence-electron chi connectivity index (χ4n) is 3.62. The number of nitrogens with zero attached hydrogens (tertiary/aromatic N) is 3. The first-order valence-electron chi connectivity index (χ1n) is 10.0. The fraction of sp³-hybridized carbons (Fsp3) is 0.550. The molecule has 10 heteroatoms. The van der Waals surface area contributed by atoms with E-state index in [1.807, 2.05) is 6.92 Å². The standard InChI is InChI=1S/C20H26F3N5OS/c1-13(18(29)24-2)30-19-27-26-17(28(19)16-9-4-3-5-10-16)12-25-15-8-6-7-14(11-15)20(21,22)23/h6-8,11,13,16,25H,3-5,9-10,12H2,1-2H3,(H,24,29). The minimum Gasteiger partial charge on any atom is -0.378 e. The molecule has 6 nitrogen and oxygen atoms in total. The summed E-state index contributed by atoms with van der Waals surface area (Å²) in [7, 11) is 1.59. The van der Waals surface area contributed by atoms with Gasteiger partial charge < -0.3 is 15.2 Å². The molecule has 0 saturated heterocycles. The molecule has 2 N–H and O–H groups in total. The molecule has 1 aliphatic carbocycles. The molecule has 164 valence electrons. The van der Waals surface area contributed by atoms with Crippen LogP contribution in [0.25, 0.3) is 0 Å². The number of thioether (sulfide) groups is 1. The smallest absolute Gasteiger partial charge is 0.378 e. The Morgan fingerprint density at radius 3 is 2.67 bits per heavy atom. The Bertz CT molecular complexity index is 864. The van der Waals surface area contributed by atoms with Gasteiger partial charge in [-0.25, -0.2) is 0 Å². The Balaban J connectivity index is 1.81. The first-order valence-corrected chi connectivity index (χ1v) is 10.9. The van der Waals surface area contributed by atoms with E-state index < -0.39 is 11.7 Å². The van der Waals surface area contributed by atoms with Crippen molar-refractivity contribution < 1.29 is 18.0 Å². The highest BCUT2D eigenvalue weighted by molar-refractivity contribution is 8.00. The van der Waals surface area contributed by atoms with E-state index in [0.717, 1.165) is 37.8 Å². The maximum absolute atomic E-state index is 13.0. The van der Waals surface area contributed by atoms with Crippen molar-refractivity contribution in [3.05, 3.63) is 35.7 Å². The summed E-state index contributed by atoms with van der Waals surface area (Å²) in [5.74, 6) is 0.563. The number of halogens is 3. The molecule has 1 amide bonds. The van der Waals surface area contributed by atoms with Crippen LogP contribution in [0.5, 0.6) is 0 Å². The highest BCUT2D eigenvalue weighted by Gasteiger charge is 2.30. The Morgan fingerprint density at radius 1 is 1.27 bits per heavy atom. The summed E-state index contributed by atoms with van der Waals surface area (Å²) in [5, 5.41) is 14.6. The van der Waals surface area contributed by atoms with Crippen molar-refractivity contribution in [1.82, 2.24) is 20.1 Å². The Labute approximate surface area is 178 Å². The molecule has 0 aliphatic heterocycles. The van der Waals surface area contributed by atoms with Crippen molar-refractivity contribution in [2.24, 2.45) is 0 Å². The lowest BCUT2D eigenvalue weighted by Gasteiger charge is -2.26. The summed E-state index contributed by atoms with van der Waals surface area (Å²) in [6, 6.07) is 5.34. The van der Waals surface area contributed by atoms with Crippen LogP contribution in [-0.4, -0.2) is 33.0 Å². The summed E-state index contributed by atoms with van der Waals surface area (Å²) in [5.41, 5.74) is -0.326. The average Bonchev–Trinajstić information content (AvgIpc) is 3.14. The van der Waals surface area contributed by atoms with Crippen molar-refractivity contribution >= 4 is 23.4 Å². The first-order chi connectivity index (χ1) is 14.3. The predicted octanol–water partition coefficient (Wildman–Crippen LogP) is 4.64. The zero-order chi connectivity index (χ0) is 21.7. The molecular formula is C20H26F3N5OS. The Hall–Kier alpha value is -2.23. The van der Waals surface area contributed by atoms with Crippen molar-refractivity contribution in [2.45, 2.75) is 68.2 Å². The molecule has 1 aliphatic rings. The van der Waals surface area contributed by atoms with Gasteiger partial charge in [-0.05, 0) is 38.0 Å². The van der Waals surface area contributed by atoms with Gasteiger partial charge in [-0.1, -0.05) is 37.1 Å². The number of hydrogen-bond donors (Lipinski definition) is 2. The summed E-state index contributed by atoms with van der Waals surface area (Å²) in [4.78, 5) is 11.9. The van der Waals surface area contributed by atoms with Gasteiger partial charge in [0.2, 0.25) is 5.91 Å². The number of benzene rings is 1. The quantitative estimate of drug-likeness (QED) is 0.613. The molecule has 1 atom stereocenters. The van der Waals surface area contributed by atoms with Gasteiger partial charge in [-0.3, -0.25) is 4.79 Å². The lowest BCUT2D eigenvalue weighted by Crippen LogP contribution is -2.28. The van der Waals surface area contributed by atoms with Crippen molar-refractivity contribution in [3.8, 4) is 0 Å². The number of amides is 1. The third-order valence-electron chi connectivity index (χ3n) is 5.21. The molecule has 30 heavy (non-hydrogen) atoms. The normalized spacial score (nSPS) is 16.3. The highest BCUT2D eigenvalue weighted by Crippen LogP contribution is 2.34. The van der Waals surface area contributed by atoms with E-state index >= 15 is 0 Å². The van der Waals surface area contributed by atoms with Gasteiger partial charge in [0.25, 0.3) is 0 Å². The largest absolute Gasteiger partial charge is 0.416 e. The zero-order valence-corrected chi connectivity index (χ0v) is 17.8. The van der Waals surface area contributed by atoms with Crippen LogP contribution in [0.15, 0.2) is 29.4 Å². The van der Waals surface area contributed by atoms with Gasteiger partial charge in [0.05, 0.1) is 17.4 Å². The maximum atomic E-state index is 13.0. The second-order valence-corrected chi connectivity index (χ2v) is 8.68. The first kappa shape index (κ1) is 22.5. The van der Waals surface area contributed by atoms with E-state index in [1.165, 1.54) is 24.2 Å². The molecule has 1 saturated carbocycles. The zero-order valence-electron chi connectivity index (χ0n) is 17.0. The number of alkyl halides is 3. The fourth-order valence-corrected chi connectivity index (χ4v) is 4.61. The summed E-state index contributed by atoms with van der Waals surface area (Å²) >= 11 is 1.35. The Morgan fingerprint density at radius 2 is 2.00 bits per heavy atom. The predicted molar refractivity (Wildman–Crippen MR) is 110 cm³/mol. The van der Waals surface area contributed by atoms with Crippen LogP contribution in [0, 0.1) is 0 Å². The van der Waals surface area contributed by atoms with Crippen molar-refractivity contribution in [3.63, 3.8) is 0 Å². The van der Waals surface area contributed by atoms with Crippen LogP contribution < -0.4 is 10.6 Å². The SMILES string of the molecule is CNC(=O)C(C)Sc1nnc(CNc2cccc(C(F)(F)F)c2)n1C1CCCCC1. The van der Waals surface area contributed by atoms with Crippen LogP contribution in [0.3, 0.4) is 0 Å². The number of carbonyl (C=O) groups is 1. The molecule has 1 heterocycles. The van der Waals surface area contributed by atoms with Gasteiger partial charge in [0, 0.05) is 18.8 Å². The number of aromatic nitrogens is 3. The third kappa shape index (κ3) is 5.47. The van der Waals surface area contributed by atoms with Crippen molar-refractivity contribution in [2.75, 3.05) is 12.4 Å². The second-order valence-electron chi connectivity index (χ2n) is 7.37. The minimum atomic E-state index is -4.39.